The summed E-state index contributed by atoms with van der Waals surface area (Å²) < 4.78 is 6.75. The van der Waals surface area contributed by atoms with Gasteiger partial charge in [0.2, 0.25) is 0 Å². The minimum absolute atomic E-state index is 0.0318. The summed E-state index contributed by atoms with van der Waals surface area (Å²) in [4.78, 5) is 23.5. The summed E-state index contributed by atoms with van der Waals surface area (Å²) >= 11 is 1.19. The number of hydrogen-bond donors (Lipinski definition) is 1. The van der Waals surface area contributed by atoms with E-state index in [0.29, 0.717) is 29.5 Å². The highest BCUT2D eigenvalue weighted by Gasteiger charge is 2.41. The number of carbonyl (C=O) groups excluding carboxylic acids is 1. The molecule has 2 aromatic heterocycles. The van der Waals surface area contributed by atoms with E-state index in [9.17, 15) is 9.90 Å². The molecule has 3 aliphatic rings. The first-order valence-corrected chi connectivity index (χ1v) is 16.0. The van der Waals surface area contributed by atoms with E-state index in [1.54, 1.807) is 6.92 Å². The molecule has 7 nitrogen and oxygen atoms in total. The van der Waals surface area contributed by atoms with Gasteiger partial charge in [-0.05, 0) is 100 Å². The number of hydrogen-bond acceptors (Lipinski definition) is 6. The van der Waals surface area contributed by atoms with Crippen molar-refractivity contribution in [1.82, 2.24) is 23.7 Å². The van der Waals surface area contributed by atoms with Crippen LogP contribution in [0.3, 0.4) is 0 Å². The van der Waals surface area contributed by atoms with Gasteiger partial charge in [0.15, 0.2) is 11.4 Å². The Bertz CT molecular complexity index is 1550. The average Bonchev–Trinajstić information content (AvgIpc) is 3.59. The number of carbonyl (C=O) groups is 1. The van der Waals surface area contributed by atoms with E-state index in [1.807, 2.05) is 4.90 Å². The van der Waals surface area contributed by atoms with Crippen molar-refractivity contribution in [2.75, 3.05) is 13.1 Å². The van der Waals surface area contributed by atoms with E-state index in [4.69, 9.17) is 4.98 Å². The molecule has 0 aliphatic carbocycles. The highest BCUT2D eigenvalue weighted by Crippen LogP contribution is 2.42. The summed E-state index contributed by atoms with van der Waals surface area (Å²) in [6.45, 7) is 5.76. The molecule has 2 bridgehead atoms. The van der Waals surface area contributed by atoms with Crippen LogP contribution in [-0.4, -0.2) is 59.9 Å². The van der Waals surface area contributed by atoms with Crippen molar-refractivity contribution in [3.63, 3.8) is 0 Å². The van der Waals surface area contributed by atoms with Crippen molar-refractivity contribution >= 4 is 28.5 Å². The van der Waals surface area contributed by atoms with Gasteiger partial charge >= 0.3 is 0 Å². The van der Waals surface area contributed by atoms with Crippen LogP contribution in [0.1, 0.15) is 89.3 Å². The number of aryl methyl sites for hydroxylation is 2. The molecule has 3 saturated heterocycles. The summed E-state index contributed by atoms with van der Waals surface area (Å²) in [5.41, 5.74) is 5.12. The Morgan fingerprint density at radius 1 is 0.976 bits per heavy atom. The topological polar surface area (TPSA) is 74.5 Å². The van der Waals surface area contributed by atoms with Crippen molar-refractivity contribution in [3.05, 3.63) is 76.1 Å². The number of benzene rings is 2. The van der Waals surface area contributed by atoms with E-state index in [-0.39, 0.29) is 23.4 Å². The molecule has 0 saturated carbocycles. The smallest absolute Gasteiger partial charge is 0.277 e. The van der Waals surface area contributed by atoms with Crippen molar-refractivity contribution in [1.29, 1.82) is 0 Å². The van der Waals surface area contributed by atoms with Gasteiger partial charge in [-0.2, -0.15) is 4.37 Å². The monoisotopic (exact) mass is 569 g/mol. The van der Waals surface area contributed by atoms with E-state index in [2.05, 4.69) is 69.3 Å². The standard InChI is InChI=1S/C33H39N5O2S/c1-21-32(39)31(35-41-21)33(40)37-17-6-5-8-29(37)24-12-10-23(11-13-24)16-18-36-25-14-15-26(36)20-27(19-25)38-22(2)34-28-7-3-4-9-30(28)38/h3-4,7,9-13,25-27,29,39H,5-6,8,14-20H2,1-2H3/t25-,26+,27?,29?. The Morgan fingerprint density at radius 2 is 1.73 bits per heavy atom. The van der Waals surface area contributed by atoms with Crippen molar-refractivity contribution in [3.8, 4) is 5.75 Å². The Morgan fingerprint density at radius 3 is 2.46 bits per heavy atom. The molecule has 2 unspecified atom stereocenters. The van der Waals surface area contributed by atoms with E-state index < -0.39 is 0 Å². The highest BCUT2D eigenvalue weighted by atomic mass is 32.1. The largest absolute Gasteiger partial charge is 0.504 e. The van der Waals surface area contributed by atoms with Crippen LogP contribution in [-0.2, 0) is 6.42 Å². The molecule has 4 aromatic rings. The quantitative estimate of drug-likeness (QED) is 0.283. The van der Waals surface area contributed by atoms with Gasteiger partial charge in [0, 0.05) is 31.2 Å². The predicted molar refractivity (Wildman–Crippen MR) is 163 cm³/mol. The van der Waals surface area contributed by atoms with E-state index in [1.165, 1.54) is 53.9 Å². The van der Waals surface area contributed by atoms with Crippen LogP contribution in [0.4, 0.5) is 0 Å². The Hall–Kier alpha value is -3.23. The van der Waals surface area contributed by atoms with Crippen LogP contribution >= 0.6 is 11.5 Å². The van der Waals surface area contributed by atoms with Gasteiger partial charge < -0.3 is 14.6 Å². The summed E-state index contributed by atoms with van der Waals surface area (Å²) in [5, 5.41) is 10.3. The third kappa shape index (κ3) is 4.85. The third-order valence-electron chi connectivity index (χ3n) is 9.82. The number of imidazole rings is 1. The molecule has 8 heteroatoms. The summed E-state index contributed by atoms with van der Waals surface area (Å²) in [7, 11) is 0. The maximum Gasteiger partial charge on any atom is 0.277 e. The lowest BCUT2D eigenvalue weighted by atomic mass is 9.93. The SMILES string of the molecule is Cc1snc(C(=O)N2CCCCC2c2ccc(CCN3[C@@H]4CC[C@H]3CC(n3c(C)nc5ccccc53)C4)cc2)c1O. The molecular formula is C33H39N5O2S. The van der Waals surface area contributed by atoms with Gasteiger partial charge in [0.05, 0.1) is 22.0 Å². The molecule has 1 N–H and O–H groups in total. The van der Waals surface area contributed by atoms with E-state index in [0.717, 1.165) is 43.6 Å². The minimum Gasteiger partial charge on any atom is -0.504 e. The molecule has 4 atom stereocenters. The molecule has 214 valence electrons. The van der Waals surface area contributed by atoms with Gasteiger partial charge in [-0.1, -0.05) is 36.4 Å². The zero-order valence-electron chi connectivity index (χ0n) is 24.0. The number of aromatic nitrogens is 3. The first-order chi connectivity index (χ1) is 20.0. The lowest BCUT2D eigenvalue weighted by molar-refractivity contribution is 0.0603. The Balaban J connectivity index is 1.00. The second-order valence-corrected chi connectivity index (χ2v) is 13.2. The maximum atomic E-state index is 13.3. The fourth-order valence-corrected chi connectivity index (χ4v) is 8.35. The second-order valence-electron chi connectivity index (χ2n) is 12.2. The molecule has 0 spiro atoms. The average molecular weight is 570 g/mol. The maximum absolute atomic E-state index is 13.3. The fourth-order valence-electron chi connectivity index (χ4n) is 7.78. The van der Waals surface area contributed by atoms with Crippen LogP contribution in [0, 0.1) is 13.8 Å². The second kappa shape index (κ2) is 10.9. The lowest BCUT2D eigenvalue weighted by Crippen LogP contribution is -2.44. The molecule has 41 heavy (non-hydrogen) atoms. The van der Waals surface area contributed by atoms with Gasteiger partial charge in [-0.15, -0.1) is 0 Å². The number of amides is 1. The molecule has 3 fully saturated rings. The zero-order valence-corrected chi connectivity index (χ0v) is 24.8. The summed E-state index contributed by atoms with van der Waals surface area (Å²) in [5.74, 6) is 1.02. The van der Waals surface area contributed by atoms with Crippen LogP contribution in [0.15, 0.2) is 48.5 Å². The van der Waals surface area contributed by atoms with Gasteiger partial charge in [0.25, 0.3) is 5.91 Å². The molecule has 5 heterocycles. The summed E-state index contributed by atoms with van der Waals surface area (Å²) in [6, 6.07) is 19.4. The first kappa shape index (κ1) is 26.7. The summed E-state index contributed by atoms with van der Waals surface area (Å²) in [6.07, 6.45) is 9.08. The lowest BCUT2D eigenvalue weighted by Gasteiger charge is -2.40. The molecule has 7 rings (SSSR count). The van der Waals surface area contributed by atoms with Gasteiger partial charge in [0.1, 0.15) is 5.82 Å². The normalized spacial score (nSPS) is 24.8. The Labute approximate surface area is 246 Å². The number of para-hydroxylation sites is 2. The van der Waals surface area contributed by atoms with Crippen LogP contribution in [0.2, 0.25) is 0 Å². The number of aromatic hydroxyl groups is 1. The molecule has 3 aliphatic heterocycles. The van der Waals surface area contributed by atoms with E-state index >= 15 is 0 Å². The van der Waals surface area contributed by atoms with Crippen LogP contribution < -0.4 is 0 Å². The van der Waals surface area contributed by atoms with Gasteiger partial charge in [-0.3, -0.25) is 9.69 Å². The molecular weight excluding hydrogens is 530 g/mol. The number of likely N-dealkylation sites (tertiary alicyclic amines) is 1. The third-order valence-corrected chi connectivity index (χ3v) is 10.6. The predicted octanol–water partition coefficient (Wildman–Crippen LogP) is 6.59. The first-order valence-electron chi connectivity index (χ1n) is 15.2. The number of nitrogens with zero attached hydrogens (tertiary/aromatic N) is 5. The Kier molecular flexibility index (Phi) is 7.07. The number of fused-ring (bicyclic) bond motifs is 3. The minimum atomic E-state index is -0.154. The number of piperidine rings is 2. The van der Waals surface area contributed by atoms with Crippen molar-refractivity contribution in [2.45, 2.75) is 89.4 Å². The zero-order chi connectivity index (χ0) is 28.1. The van der Waals surface area contributed by atoms with Crippen molar-refractivity contribution in [2.24, 2.45) is 0 Å². The molecule has 0 radical (unpaired) electrons. The highest BCUT2D eigenvalue weighted by molar-refractivity contribution is 7.06. The molecule has 2 aromatic carbocycles. The molecule has 1 amide bonds. The van der Waals surface area contributed by atoms with Crippen molar-refractivity contribution < 1.29 is 9.90 Å². The fraction of sp³-hybridized carbons (Fsp3) is 0.485. The van der Waals surface area contributed by atoms with Gasteiger partial charge in [-0.25, -0.2) is 4.98 Å². The number of rotatable bonds is 6. The van der Waals surface area contributed by atoms with Crippen LogP contribution in [0.25, 0.3) is 11.0 Å². The van der Waals surface area contributed by atoms with Crippen LogP contribution in [0.5, 0.6) is 5.75 Å².